The maximum atomic E-state index is 10.3. The number of nitroso groups, excluding NO2 is 1. The number of hydrogen-bond donors (Lipinski definition) is 0. The largest absolute Gasteiger partial charge is 0.138 e. The Morgan fingerprint density at radius 2 is 2.22 bits per heavy atom. The molecule has 0 aliphatic heterocycles. The van der Waals surface area contributed by atoms with Gasteiger partial charge in [-0.05, 0) is 20.8 Å². The van der Waals surface area contributed by atoms with E-state index in [4.69, 9.17) is 11.2 Å². The lowest BCUT2D eigenvalue weighted by molar-refractivity contribution is 1.48. The zero-order valence-corrected chi connectivity index (χ0v) is 10.8. The minimum absolute atomic E-state index is 0.685. The fourth-order valence-electron chi connectivity index (χ4n) is 0.150. The van der Waals surface area contributed by atoms with Gasteiger partial charge in [0.15, 0.2) is 0 Å². The molecule has 0 aromatic heterocycles. The van der Waals surface area contributed by atoms with Gasteiger partial charge in [0.1, 0.15) is 0 Å². The highest BCUT2D eigenvalue weighted by atomic mass is 127. The van der Waals surface area contributed by atoms with Gasteiger partial charge in [0.05, 0.1) is 3.76 Å². The summed E-state index contributed by atoms with van der Waals surface area (Å²) in [5.74, 6) is 0.708. The molecule has 0 unspecified atom stereocenters. The number of rotatable bonds is 3. The summed E-state index contributed by atoms with van der Waals surface area (Å²) >= 11 is 9.28. The van der Waals surface area contributed by atoms with Crippen LogP contribution in [0.2, 0.25) is 0 Å². The normalized spacial score (nSPS) is 16.1. The Labute approximate surface area is 84.9 Å². The molecule has 0 bridgehead atoms. The first kappa shape index (κ1) is 10.6. The van der Waals surface area contributed by atoms with E-state index in [9.17, 15) is 4.91 Å². The van der Waals surface area contributed by atoms with Gasteiger partial charge in [-0.2, -0.15) is 0 Å². The molecule has 0 atom stereocenters. The third kappa shape index (κ3) is 3.02. The van der Waals surface area contributed by atoms with Crippen molar-refractivity contribution in [3.63, 3.8) is 0 Å². The summed E-state index contributed by atoms with van der Waals surface area (Å²) in [5.41, 5.74) is 0. The molecule has 6 heteroatoms. The molecule has 0 N–H and O–H groups in total. The Morgan fingerprint density at radius 3 is 2.22 bits per heavy atom. The predicted molar refractivity (Wildman–Crippen MR) is 64.0 cm³/mol. The van der Waals surface area contributed by atoms with Gasteiger partial charge in [0.2, 0.25) is 0 Å². The molecule has 0 aliphatic carbocycles. The van der Waals surface area contributed by atoms with Crippen molar-refractivity contribution in [3.8, 4) is 0 Å². The van der Waals surface area contributed by atoms with Crippen LogP contribution in [0.5, 0.6) is 0 Å². The minimum Gasteiger partial charge on any atom is -0.138 e. The van der Waals surface area contributed by atoms with E-state index in [0.717, 1.165) is 0 Å². The number of alkyl halides is 1. The average Bonchev–Trinajstić information content (AvgIpc) is 1.90. The third-order valence-electron chi connectivity index (χ3n) is 0.936. The zero-order valence-electron chi connectivity index (χ0n) is 4.84. The summed E-state index contributed by atoms with van der Waals surface area (Å²) in [5, 5.41) is -2.29. The molecule has 56 valence electrons. The lowest BCUT2D eigenvalue weighted by atomic mass is 11.0. The fourth-order valence-corrected chi connectivity index (χ4v) is 2.11. The summed E-state index contributed by atoms with van der Waals surface area (Å²) in [6.07, 6.45) is 0. The number of hydrogen-bond acceptors (Lipinski definition) is 2. The van der Waals surface area contributed by atoms with Crippen LogP contribution in [0.4, 0.5) is 0 Å². The molecule has 0 amide bonds. The molecule has 0 rings (SSSR count). The van der Waals surface area contributed by atoms with Crippen LogP contribution in [0.1, 0.15) is 6.92 Å². The van der Waals surface area contributed by atoms with Crippen molar-refractivity contribution in [2.45, 2.75) is 6.92 Å². The topological polar surface area (TPSA) is 29.4 Å². The lowest BCUT2D eigenvalue weighted by Crippen LogP contribution is -2.22. The second-order valence-corrected chi connectivity index (χ2v) is 17.0. The smallest absolute Gasteiger partial charge is 0.0626 e. The second-order valence-electron chi connectivity index (χ2n) is 1.60. The highest BCUT2D eigenvalue weighted by Crippen LogP contribution is 2.38. The molecule has 0 aromatic rings. The zero-order chi connectivity index (χ0) is 7.57. The van der Waals surface area contributed by atoms with Crippen molar-refractivity contribution in [2.75, 3.05) is 9.51 Å². The first-order valence-corrected chi connectivity index (χ1v) is 9.57. The highest BCUT2D eigenvalue weighted by molar-refractivity contribution is 14.2. The van der Waals surface area contributed by atoms with Gasteiger partial charge in [0, 0.05) is 27.0 Å². The Bertz CT molecular complexity index is 173. The Morgan fingerprint density at radius 1 is 1.78 bits per heavy atom. The standard InChI is InChI=1S/C3H7I2NOS2/c1-2-9(5,8,3-4)6-7/h2-3H2,1H3. The summed E-state index contributed by atoms with van der Waals surface area (Å²) in [4.78, 5) is 10.3. The first-order valence-electron chi connectivity index (χ1n) is 2.24. The Balaban J connectivity index is 4.62. The van der Waals surface area contributed by atoms with Crippen LogP contribution in [0.3, 0.4) is 0 Å². The predicted octanol–water partition coefficient (Wildman–Crippen LogP) is 2.58. The monoisotopic (exact) mass is 391 g/mol. The van der Waals surface area contributed by atoms with Gasteiger partial charge < -0.3 is 0 Å². The fraction of sp³-hybridized carbons (Fsp3) is 1.00. The van der Waals surface area contributed by atoms with Crippen molar-refractivity contribution in [1.29, 1.82) is 0 Å². The SMILES string of the molecule is CCS(=S)(I)(CI)N=O. The van der Waals surface area contributed by atoms with E-state index in [1.807, 2.05) is 28.1 Å². The average molecular weight is 391 g/mol. The molecule has 0 aromatic carbocycles. The molecule has 0 aliphatic rings. The van der Waals surface area contributed by atoms with Crippen LogP contribution in [-0.4, -0.2) is 9.51 Å². The lowest BCUT2D eigenvalue weighted by Gasteiger charge is -2.26. The van der Waals surface area contributed by atoms with Crippen LogP contribution in [0, 0.1) is 4.91 Å². The molecule has 0 radical (unpaired) electrons. The molecule has 2 nitrogen and oxygen atoms in total. The van der Waals surface area contributed by atoms with Crippen molar-refractivity contribution >= 4 is 60.1 Å². The van der Waals surface area contributed by atoms with Crippen molar-refractivity contribution in [3.05, 3.63) is 4.91 Å². The van der Waals surface area contributed by atoms with E-state index in [0.29, 0.717) is 9.51 Å². The van der Waals surface area contributed by atoms with Crippen molar-refractivity contribution < 1.29 is 0 Å². The summed E-state index contributed by atoms with van der Waals surface area (Å²) < 4.78 is 3.73. The van der Waals surface area contributed by atoms with Crippen LogP contribution in [-0.2, 0) is 16.3 Å². The van der Waals surface area contributed by atoms with E-state index < -0.39 is 5.08 Å². The maximum Gasteiger partial charge on any atom is 0.0626 e. The van der Waals surface area contributed by atoms with Crippen molar-refractivity contribution in [2.24, 2.45) is 4.58 Å². The summed E-state index contributed by atoms with van der Waals surface area (Å²) in [6.45, 7) is 1.92. The number of halogens is 2. The Kier molecular flexibility index (Phi) is 3.96. The highest BCUT2D eigenvalue weighted by Gasteiger charge is 2.26. The van der Waals surface area contributed by atoms with E-state index in [2.05, 4.69) is 27.2 Å². The molecule has 0 spiro atoms. The third-order valence-corrected chi connectivity index (χ3v) is 16.2. The van der Waals surface area contributed by atoms with E-state index >= 15 is 0 Å². The van der Waals surface area contributed by atoms with Gasteiger partial charge in [0.25, 0.3) is 0 Å². The van der Waals surface area contributed by atoms with Crippen molar-refractivity contribution in [1.82, 2.24) is 0 Å². The molecular formula is C3H7I2NOS2. The Hall–Kier alpha value is 1.63. The molecule has 0 saturated heterocycles. The van der Waals surface area contributed by atoms with E-state index in [1.165, 1.54) is 0 Å². The van der Waals surface area contributed by atoms with Crippen LogP contribution < -0.4 is 0 Å². The molecule has 9 heavy (non-hydrogen) atoms. The van der Waals surface area contributed by atoms with E-state index in [-0.39, 0.29) is 0 Å². The molecule has 0 fully saturated rings. The minimum atomic E-state index is -2.29. The van der Waals surface area contributed by atoms with Gasteiger partial charge >= 0.3 is 0 Å². The second kappa shape index (κ2) is 3.35. The quantitative estimate of drug-likeness (QED) is 0.321. The maximum absolute atomic E-state index is 10.3. The number of nitrogens with zero attached hydrogens (tertiary/aromatic N) is 1. The first-order chi connectivity index (χ1) is 3.96. The van der Waals surface area contributed by atoms with Crippen LogP contribution in [0.15, 0.2) is 4.58 Å². The summed E-state index contributed by atoms with van der Waals surface area (Å²) in [7, 11) is 0. The van der Waals surface area contributed by atoms with Crippen LogP contribution in [0.25, 0.3) is 0 Å². The van der Waals surface area contributed by atoms with Gasteiger partial charge in [-0.25, -0.2) is 0 Å². The van der Waals surface area contributed by atoms with Crippen LogP contribution >= 0.6 is 43.8 Å². The molecule has 0 saturated carbocycles. The molecular weight excluding hydrogens is 384 g/mol. The van der Waals surface area contributed by atoms with Gasteiger partial charge in [-0.1, -0.05) is 29.5 Å². The van der Waals surface area contributed by atoms with E-state index in [1.54, 1.807) is 0 Å². The summed E-state index contributed by atoms with van der Waals surface area (Å²) in [6, 6.07) is 0. The molecule has 0 heterocycles. The van der Waals surface area contributed by atoms with Gasteiger partial charge in [-0.3, -0.25) is 0 Å². The van der Waals surface area contributed by atoms with Gasteiger partial charge in [-0.15, -0.1) is 4.91 Å².